The summed E-state index contributed by atoms with van der Waals surface area (Å²) in [5.74, 6) is -1.51. The Kier molecular flexibility index (Phi) is 6.10. The maximum atomic E-state index is 12.0. The molecule has 0 saturated carbocycles. The topological polar surface area (TPSA) is 126 Å². The summed E-state index contributed by atoms with van der Waals surface area (Å²) in [5, 5.41) is 13.2. The number of nitrogens with zero attached hydrogens (tertiary/aromatic N) is 2. The average Bonchev–Trinajstić information content (AvgIpc) is 2.82. The van der Waals surface area contributed by atoms with Crippen molar-refractivity contribution in [2.45, 2.75) is 20.4 Å². The Bertz CT molecular complexity index is 529. The van der Waals surface area contributed by atoms with Gasteiger partial charge in [-0.3, -0.25) is 4.79 Å². The van der Waals surface area contributed by atoms with Gasteiger partial charge in [0.05, 0.1) is 6.54 Å². The number of carboxylic acids is 1. The number of thiazole rings is 1. The van der Waals surface area contributed by atoms with Crippen molar-refractivity contribution in [1.29, 1.82) is 0 Å². The third-order valence-corrected chi connectivity index (χ3v) is 3.23. The molecule has 0 aromatic carbocycles. The highest BCUT2D eigenvalue weighted by atomic mass is 32.1. The maximum absolute atomic E-state index is 12.0. The molecule has 4 N–H and O–H groups in total. The molecule has 0 unspecified atom stereocenters. The summed E-state index contributed by atoms with van der Waals surface area (Å²) in [5.41, 5.74) is 5.06. The Balaban J connectivity index is 2.59. The third kappa shape index (κ3) is 5.78. The number of hydrogen-bond donors (Lipinski definition) is 3. The zero-order chi connectivity index (χ0) is 16.0. The fraction of sp³-hybridized carbons (Fsp3) is 0.500. The van der Waals surface area contributed by atoms with E-state index in [-0.39, 0.29) is 24.7 Å². The summed E-state index contributed by atoms with van der Waals surface area (Å²) in [7, 11) is 0. The Hall–Kier alpha value is -2.16. The van der Waals surface area contributed by atoms with Gasteiger partial charge in [0.15, 0.2) is 5.69 Å². The van der Waals surface area contributed by atoms with Crippen LogP contribution in [0.3, 0.4) is 0 Å². The van der Waals surface area contributed by atoms with Gasteiger partial charge in [-0.1, -0.05) is 13.8 Å². The molecule has 0 atom stereocenters. The number of nitrogens with two attached hydrogens (primary N) is 1. The fourth-order valence-electron chi connectivity index (χ4n) is 1.60. The second-order valence-corrected chi connectivity index (χ2v) is 5.77. The summed E-state index contributed by atoms with van der Waals surface area (Å²) < 4.78 is 0. The quantitative estimate of drug-likeness (QED) is 0.675. The first-order valence-electron chi connectivity index (χ1n) is 6.28. The number of urea groups is 1. The molecule has 0 bridgehead atoms. The van der Waals surface area contributed by atoms with Crippen LogP contribution in [0.4, 0.5) is 4.79 Å². The van der Waals surface area contributed by atoms with Crippen LogP contribution >= 0.6 is 11.3 Å². The smallest absolute Gasteiger partial charge is 0.355 e. The number of hydrogen-bond acceptors (Lipinski definition) is 5. The van der Waals surface area contributed by atoms with Crippen molar-refractivity contribution in [3.05, 3.63) is 16.1 Å². The van der Waals surface area contributed by atoms with Crippen LogP contribution in [0.15, 0.2) is 5.38 Å². The van der Waals surface area contributed by atoms with Crippen molar-refractivity contribution >= 4 is 29.2 Å². The number of carbonyl (C=O) groups is 3. The molecule has 0 spiro atoms. The van der Waals surface area contributed by atoms with Crippen LogP contribution in [0.2, 0.25) is 0 Å². The zero-order valence-corrected chi connectivity index (χ0v) is 12.6. The van der Waals surface area contributed by atoms with E-state index in [2.05, 4.69) is 10.3 Å². The van der Waals surface area contributed by atoms with E-state index in [9.17, 15) is 14.4 Å². The van der Waals surface area contributed by atoms with Crippen LogP contribution in [0.5, 0.6) is 0 Å². The molecular formula is C12H18N4O4S. The number of rotatable bonds is 7. The zero-order valence-electron chi connectivity index (χ0n) is 11.8. The molecule has 9 heteroatoms. The lowest BCUT2D eigenvalue weighted by atomic mass is 10.2. The third-order valence-electron chi connectivity index (χ3n) is 2.38. The lowest BCUT2D eigenvalue weighted by molar-refractivity contribution is -0.118. The predicted octanol–water partition coefficient (Wildman–Crippen LogP) is 0.494. The normalized spacial score (nSPS) is 10.4. The molecule has 0 aliphatic rings. The van der Waals surface area contributed by atoms with Crippen molar-refractivity contribution in [2.24, 2.45) is 11.7 Å². The Labute approximate surface area is 126 Å². The van der Waals surface area contributed by atoms with Gasteiger partial charge in [-0.05, 0) is 5.92 Å². The van der Waals surface area contributed by atoms with E-state index in [0.717, 1.165) is 11.3 Å². The Morgan fingerprint density at radius 3 is 2.62 bits per heavy atom. The van der Waals surface area contributed by atoms with Crippen LogP contribution in [0.25, 0.3) is 0 Å². The van der Waals surface area contributed by atoms with Gasteiger partial charge in [-0.25, -0.2) is 14.6 Å². The summed E-state index contributed by atoms with van der Waals surface area (Å²) in [4.78, 5) is 38.8. The minimum atomic E-state index is -1.11. The maximum Gasteiger partial charge on any atom is 0.355 e. The number of amides is 3. The van der Waals surface area contributed by atoms with Gasteiger partial charge in [0.25, 0.3) is 0 Å². The monoisotopic (exact) mass is 314 g/mol. The highest BCUT2D eigenvalue weighted by molar-refractivity contribution is 7.09. The van der Waals surface area contributed by atoms with Gasteiger partial charge in [0, 0.05) is 11.9 Å². The molecule has 0 aliphatic heterocycles. The minimum absolute atomic E-state index is 0.0552. The Morgan fingerprint density at radius 1 is 1.48 bits per heavy atom. The van der Waals surface area contributed by atoms with E-state index < -0.39 is 17.9 Å². The lowest BCUT2D eigenvalue weighted by Gasteiger charge is -2.23. The van der Waals surface area contributed by atoms with Crippen LogP contribution in [-0.4, -0.2) is 46.0 Å². The highest BCUT2D eigenvalue weighted by Gasteiger charge is 2.17. The minimum Gasteiger partial charge on any atom is -0.476 e. The molecule has 116 valence electrons. The van der Waals surface area contributed by atoms with Gasteiger partial charge < -0.3 is 21.1 Å². The molecule has 8 nitrogen and oxygen atoms in total. The van der Waals surface area contributed by atoms with E-state index in [0.29, 0.717) is 11.6 Å². The van der Waals surface area contributed by atoms with Crippen molar-refractivity contribution < 1.29 is 19.5 Å². The molecular weight excluding hydrogens is 296 g/mol. The second kappa shape index (κ2) is 7.58. The fourth-order valence-corrected chi connectivity index (χ4v) is 2.31. The number of nitrogens with one attached hydrogen (secondary N) is 1. The first kappa shape index (κ1) is 16.9. The van der Waals surface area contributed by atoms with Crippen molar-refractivity contribution in [3.8, 4) is 0 Å². The van der Waals surface area contributed by atoms with E-state index in [1.165, 1.54) is 10.3 Å². The van der Waals surface area contributed by atoms with E-state index in [1.807, 2.05) is 13.8 Å². The molecule has 1 heterocycles. The first-order valence-corrected chi connectivity index (χ1v) is 7.16. The summed E-state index contributed by atoms with van der Waals surface area (Å²) in [6.07, 6.45) is 0. The van der Waals surface area contributed by atoms with Crippen LogP contribution in [0, 0.1) is 5.92 Å². The van der Waals surface area contributed by atoms with E-state index in [1.54, 1.807) is 0 Å². The van der Waals surface area contributed by atoms with Gasteiger partial charge >= 0.3 is 12.0 Å². The molecule has 0 aliphatic carbocycles. The van der Waals surface area contributed by atoms with Gasteiger partial charge in [-0.2, -0.15) is 0 Å². The van der Waals surface area contributed by atoms with Crippen LogP contribution in [0.1, 0.15) is 29.3 Å². The molecule has 1 aromatic heterocycles. The van der Waals surface area contributed by atoms with Gasteiger partial charge in [0.2, 0.25) is 5.91 Å². The highest BCUT2D eigenvalue weighted by Crippen LogP contribution is 2.09. The van der Waals surface area contributed by atoms with Crippen LogP contribution < -0.4 is 11.1 Å². The summed E-state index contributed by atoms with van der Waals surface area (Å²) in [6, 6.07) is -0.436. The van der Waals surface area contributed by atoms with Crippen LogP contribution in [-0.2, 0) is 11.3 Å². The average molecular weight is 314 g/mol. The molecule has 1 aromatic rings. The Morgan fingerprint density at radius 2 is 2.14 bits per heavy atom. The molecule has 0 fully saturated rings. The van der Waals surface area contributed by atoms with Gasteiger partial charge in [0.1, 0.15) is 11.6 Å². The number of carbonyl (C=O) groups excluding carboxylic acids is 2. The van der Waals surface area contributed by atoms with E-state index >= 15 is 0 Å². The lowest BCUT2D eigenvalue weighted by Crippen LogP contribution is -2.45. The number of primary amides is 1. The molecule has 0 radical (unpaired) electrons. The number of aromatic carboxylic acids is 1. The first-order chi connectivity index (χ1) is 9.79. The molecule has 0 saturated heterocycles. The SMILES string of the molecule is CC(C)CN(CC(N)=O)C(=O)NCc1nc(C(=O)O)cs1. The second-order valence-electron chi connectivity index (χ2n) is 4.83. The largest absolute Gasteiger partial charge is 0.476 e. The van der Waals surface area contributed by atoms with E-state index in [4.69, 9.17) is 10.8 Å². The number of carboxylic acid groups (broad SMARTS) is 1. The summed E-state index contributed by atoms with van der Waals surface area (Å²) >= 11 is 1.14. The summed E-state index contributed by atoms with van der Waals surface area (Å²) in [6.45, 7) is 4.17. The van der Waals surface area contributed by atoms with Crippen molar-refractivity contribution in [1.82, 2.24) is 15.2 Å². The van der Waals surface area contributed by atoms with Crippen molar-refractivity contribution in [3.63, 3.8) is 0 Å². The van der Waals surface area contributed by atoms with Gasteiger partial charge in [-0.15, -0.1) is 11.3 Å². The molecule has 3 amide bonds. The van der Waals surface area contributed by atoms with Crippen molar-refractivity contribution in [2.75, 3.05) is 13.1 Å². The predicted molar refractivity (Wildman–Crippen MR) is 76.9 cm³/mol. The molecule has 1 rings (SSSR count). The molecule has 21 heavy (non-hydrogen) atoms. The standard InChI is InChI=1S/C12H18N4O4S/c1-7(2)4-16(5-9(13)17)12(20)14-3-10-15-8(6-21-10)11(18)19/h6-7H,3-5H2,1-2H3,(H2,13,17)(H,14,20)(H,18,19). The number of aromatic nitrogens is 1.